The molecule has 1 aromatic carbocycles. The van der Waals surface area contributed by atoms with E-state index in [1.165, 1.54) is 27.4 Å². The zero-order chi connectivity index (χ0) is 15.2. The maximum Gasteiger partial charge on any atom is 0.276 e. The van der Waals surface area contributed by atoms with E-state index < -0.39 is 0 Å². The molecule has 1 heterocycles. The lowest BCUT2D eigenvalue weighted by atomic mass is 10.2. The third kappa shape index (κ3) is 3.59. The summed E-state index contributed by atoms with van der Waals surface area (Å²) in [4.78, 5) is 12.1. The molecule has 1 aromatic heterocycles. The maximum absolute atomic E-state index is 12.1. The molecule has 1 amide bonds. The number of nitrogens with zero attached hydrogens (tertiary/aromatic N) is 2. The maximum atomic E-state index is 12.1. The molecule has 2 rings (SSSR count). The van der Waals surface area contributed by atoms with Gasteiger partial charge in [-0.1, -0.05) is 0 Å². The van der Waals surface area contributed by atoms with Gasteiger partial charge in [0.05, 0.1) is 21.3 Å². The summed E-state index contributed by atoms with van der Waals surface area (Å²) in [6, 6.07) is 8.16. The molecule has 0 radical (unpaired) electrons. The number of hydrogen-bond acceptors (Lipinski definition) is 6. The number of nitrogens with one attached hydrogen (secondary N) is 1. The molecule has 2 aromatic rings. The molecule has 0 aliphatic rings. The van der Waals surface area contributed by atoms with Gasteiger partial charge in [0.2, 0.25) is 5.88 Å². The second-order valence-electron chi connectivity index (χ2n) is 4.02. The highest BCUT2D eigenvalue weighted by molar-refractivity contribution is 6.02. The van der Waals surface area contributed by atoms with Gasteiger partial charge >= 0.3 is 0 Å². The topological polar surface area (TPSA) is 82.6 Å². The lowest BCUT2D eigenvalue weighted by Gasteiger charge is -2.09. The number of methoxy groups -OCH3 is 3. The molecule has 0 saturated heterocycles. The first-order valence-corrected chi connectivity index (χ1v) is 6.08. The van der Waals surface area contributed by atoms with E-state index in [4.69, 9.17) is 14.2 Å². The van der Waals surface area contributed by atoms with Gasteiger partial charge < -0.3 is 19.5 Å². The number of carbonyl (C=O) groups is 1. The Morgan fingerprint density at radius 2 is 1.62 bits per heavy atom. The smallest absolute Gasteiger partial charge is 0.276 e. The van der Waals surface area contributed by atoms with Crippen molar-refractivity contribution in [2.45, 2.75) is 0 Å². The molecule has 0 fully saturated rings. The summed E-state index contributed by atoms with van der Waals surface area (Å²) in [5.74, 6) is 1.10. The van der Waals surface area contributed by atoms with Crippen molar-refractivity contribution in [3.8, 4) is 17.4 Å². The Kier molecular flexibility index (Phi) is 4.55. The predicted molar refractivity (Wildman–Crippen MR) is 76.1 cm³/mol. The van der Waals surface area contributed by atoms with Crippen LogP contribution >= 0.6 is 0 Å². The highest BCUT2D eigenvalue weighted by Crippen LogP contribution is 2.26. The summed E-state index contributed by atoms with van der Waals surface area (Å²) in [5.41, 5.74) is 0.714. The number of ether oxygens (including phenoxy) is 3. The number of anilines is 1. The number of hydrogen-bond donors (Lipinski definition) is 1. The molecule has 0 unspecified atom stereocenters. The van der Waals surface area contributed by atoms with Gasteiger partial charge in [-0.05, 0) is 6.07 Å². The molecule has 0 atom stereocenters. The molecule has 1 N–H and O–H groups in total. The molecule has 7 heteroatoms. The third-order valence-electron chi connectivity index (χ3n) is 2.69. The minimum atomic E-state index is -0.388. The van der Waals surface area contributed by atoms with Crippen molar-refractivity contribution in [3.05, 3.63) is 36.0 Å². The van der Waals surface area contributed by atoms with Gasteiger partial charge in [0.15, 0.2) is 5.69 Å². The molecule has 0 bridgehead atoms. The average molecular weight is 289 g/mol. The normalized spacial score (nSPS) is 9.86. The second kappa shape index (κ2) is 6.56. The Morgan fingerprint density at radius 1 is 0.952 bits per heavy atom. The number of aromatic nitrogens is 2. The number of carbonyl (C=O) groups excluding carboxylic acids is 1. The number of rotatable bonds is 5. The van der Waals surface area contributed by atoms with Crippen molar-refractivity contribution in [1.82, 2.24) is 10.2 Å². The summed E-state index contributed by atoms with van der Waals surface area (Å²) in [6.45, 7) is 0. The fourth-order valence-corrected chi connectivity index (χ4v) is 1.62. The van der Waals surface area contributed by atoms with E-state index in [0.717, 1.165) is 0 Å². The summed E-state index contributed by atoms with van der Waals surface area (Å²) >= 11 is 0. The standard InChI is InChI=1S/C14H15N3O4/c1-19-10-6-9(7-11(8-10)20-2)15-14(18)12-4-5-13(21-3)17-16-12/h4-8H,1-3H3,(H,15,18). The van der Waals surface area contributed by atoms with Crippen LogP contribution in [0.5, 0.6) is 17.4 Å². The van der Waals surface area contributed by atoms with Crippen molar-refractivity contribution in [1.29, 1.82) is 0 Å². The fourth-order valence-electron chi connectivity index (χ4n) is 1.62. The van der Waals surface area contributed by atoms with Crippen LogP contribution in [0.25, 0.3) is 0 Å². The molecule has 110 valence electrons. The number of amides is 1. The van der Waals surface area contributed by atoms with Gasteiger partial charge in [0, 0.05) is 30.0 Å². The van der Waals surface area contributed by atoms with Crippen LogP contribution in [0.3, 0.4) is 0 Å². The molecular formula is C14H15N3O4. The summed E-state index contributed by atoms with van der Waals surface area (Å²) in [6.07, 6.45) is 0. The van der Waals surface area contributed by atoms with E-state index >= 15 is 0 Å². The van der Waals surface area contributed by atoms with E-state index in [2.05, 4.69) is 15.5 Å². The average Bonchev–Trinajstić information content (AvgIpc) is 2.54. The van der Waals surface area contributed by atoms with Gasteiger partial charge in [-0.15, -0.1) is 10.2 Å². The second-order valence-corrected chi connectivity index (χ2v) is 4.02. The molecule has 7 nitrogen and oxygen atoms in total. The third-order valence-corrected chi connectivity index (χ3v) is 2.69. The minimum Gasteiger partial charge on any atom is -0.497 e. The monoisotopic (exact) mass is 289 g/mol. The molecule has 0 saturated carbocycles. The van der Waals surface area contributed by atoms with Crippen LogP contribution < -0.4 is 19.5 Å². The van der Waals surface area contributed by atoms with Crippen molar-refractivity contribution >= 4 is 11.6 Å². The SMILES string of the molecule is COc1cc(NC(=O)c2ccc(OC)nn2)cc(OC)c1. The van der Waals surface area contributed by atoms with Crippen molar-refractivity contribution < 1.29 is 19.0 Å². The van der Waals surface area contributed by atoms with Gasteiger partial charge in [-0.3, -0.25) is 4.79 Å². The largest absolute Gasteiger partial charge is 0.497 e. The van der Waals surface area contributed by atoms with E-state index in [1.807, 2.05) is 0 Å². The van der Waals surface area contributed by atoms with E-state index in [0.29, 0.717) is 23.1 Å². The van der Waals surface area contributed by atoms with Crippen molar-refractivity contribution in [2.75, 3.05) is 26.6 Å². The Morgan fingerprint density at radius 3 is 2.10 bits per heavy atom. The zero-order valence-corrected chi connectivity index (χ0v) is 11.9. The van der Waals surface area contributed by atoms with Crippen LogP contribution in [0.1, 0.15) is 10.5 Å². The van der Waals surface area contributed by atoms with Crippen molar-refractivity contribution in [2.24, 2.45) is 0 Å². The number of benzene rings is 1. The molecule has 0 aliphatic carbocycles. The van der Waals surface area contributed by atoms with Crippen LogP contribution in [0, 0.1) is 0 Å². The molecular weight excluding hydrogens is 274 g/mol. The van der Waals surface area contributed by atoms with Crippen molar-refractivity contribution in [3.63, 3.8) is 0 Å². The van der Waals surface area contributed by atoms with E-state index in [-0.39, 0.29) is 11.6 Å². The zero-order valence-electron chi connectivity index (χ0n) is 11.9. The highest BCUT2D eigenvalue weighted by atomic mass is 16.5. The van der Waals surface area contributed by atoms with Gasteiger partial charge in [-0.25, -0.2) is 0 Å². The molecule has 0 aliphatic heterocycles. The first-order chi connectivity index (χ1) is 10.2. The first-order valence-electron chi connectivity index (χ1n) is 6.08. The van der Waals surface area contributed by atoms with E-state index in [9.17, 15) is 4.79 Å². The minimum absolute atomic E-state index is 0.178. The first kappa shape index (κ1) is 14.6. The fraction of sp³-hybridized carbons (Fsp3) is 0.214. The lowest BCUT2D eigenvalue weighted by Crippen LogP contribution is -2.14. The predicted octanol–water partition coefficient (Wildman–Crippen LogP) is 1.75. The van der Waals surface area contributed by atoms with Gasteiger partial charge in [0.1, 0.15) is 11.5 Å². The van der Waals surface area contributed by atoms with Gasteiger partial charge in [-0.2, -0.15) is 0 Å². The summed E-state index contributed by atoms with van der Waals surface area (Å²) in [7, 11) is 4.55. The van der Waals surface area contributed by atoms with E-state index in [1.54, 1.807) is 24.3 Å². The van der Waals surface area contributed by atoms with Crippen LogP contribution in [-0.4, -0.2) is 37.4 Å². The quantitative estimate of drug-likeness (QED) is 0.903. The Bertz CT molecular complexity index is 606. The van der Waals surface area contributed by atoms with Gasteiger partial charge in [0.25, 0.3) is 5.91 Å². The summed E-state index contributed by atoms with van der Waals surface area (Å²) < 4.78 is 15.2. The van der Waals surface area contributed by atoms with Crippen LogP contribution in [-0.2, 0) is 0 Å². The van der Waals surface area contributed by atoms with Crippen LogP contribution in [0.2, 0.25) is 0 Å². The van der Waals surface area contributed by atoms with Crippen LogP contribution in [0.4, 0.5) is 5.69 Å². The summed E-state index contributed by atoms with van der Waals surface area (Å²) in [5, 5.41) is 10.2. The Labute approximate surface area is 121 Å². The highest BCUT2D eigenvalue weighted by Gasteiger charge is 2.10. The van der Waals surface area contributed by atoms with Crippen LogP contribution in [0.15, 0.2) is 30.3 Å². The lowest BCUT2D eigenvalue weighted by molar-refractivity contribution is 0.102. The molecule has 0 spiro atoms. The Balaban J connectivity index is 2.18. The molecule has 21 heavy (non-hydrogen) atoms. The Hall–Kier alpha value is -2.83.